The summed E-state index contributed by atoms with van der Waals surface area (Å²) in [6.07, 6.45) is 4.15. The molecule has 21 heavy (non-hydrogen) atoms. The number of carbonyl (C=O) groups is 1. The highest BCUT2D eigenvalue weighted by atomic mass is 16.2. The molecule has 1 fully saturated rings. The summed E-state index contributed by atoms with van der Waals surface area (Å²) in [6, 6.07) is 4.45. The van der Waals surface area contributed by atoms with Gasteiger partial charge in [0.1, 0.15) is 5.69 Å². The number of rotatable bonds is 6. The van der Waals surface area contributed by atoms with Crippen molar-refractivity contribution < 1.29 is 4.79 Å². The Hall–Kier alpha value is -1.62. The van der Waals surface area contributed by atoms with Crippen LogP contribution in [0, 0.1) is 0 Å². The molecule has 2 rings (SSSR count). The molecule has 1 aromatic rings. The van der Waals surface area contributed by atoms with E-state index in [2.05, 4.69) is 15.2 Å². The molecule has 5 nitrogen and oxygen atoms in total. The molecule has 2 heterocycles. The zero-order chi connectivity index (χ0) is 15.2. The summed E-state index contributed by atoms with van der Waals surface area (Å²) in [5, 5.41) is 3.25. The first kappa shape index (κ1) is 15.8. The van der Waals surface area contributed by atoms with Crippen LogP contribution in [0.15, 0.2) is 18.3 Å². The van der Waals surface area contributed by atoms with Gasteiger partial charge in [0.15, 0.2) is 0 Å². The largest absolute Gasteiger partial charge is 0.367 e. The maximum absolute atomic E-state index is 12.4. The highest BCUT2D eigenvalue weighted by molar-refractivity contribution is 5.93. The lowest BCUT2D eigenvalue weighted by Gasteiger charge is -2.27. The lowest BCUT2D eigenvalue weighted by molar-refractivity contribution is 0.0767. The van der Waals surface area contributed by atoms with Gasteiger partial charge in [-0.15, -0.1) is 0 Å². The zero-order valence-electron chi connectivity index (χ0n) is 13.3. The molecule has 1 unspecified atom stereocenters. The lowest BCUT2D eigenvalue weighted by Crippen LogP contribution is -2.37. The number of likely N-dealkylation sites (N-methyl/N-ethyl adjacent to an activating group) is 1. The van der Waals surface area contributed by atoms with Gasteiger partial charge >= 0.3 is 0 Å². The number of amides is 1. The molecule has 1 atom stereocenters. The Morgan fingerprint density at radius 2 is 2.24 bits per heavy atom. The molecule has 1 aliphatic rings. The lowest BCUT2D eigenvalue weighted by atomic mass is 10.2. The van der Waals surface area contributed by atoms with Crippen LogP contribution in [-0.2, 0) is 0 Å². The number of pyridine rings is 1. The summed E-state index contributed by atoms with van der Waals surface area (Å²) < 4.78 is 0. The van der Waals surface area contributed by atoms with Crippen molar-refractivity contribution in [3.05, 3.63) is 24.0 Å². The van der Waals surface area contributed by atoms with Crippen LogP contribution in [0.25, 0.3) is 0 Å². The van der Waals surface area contributed by atoms with Crippen LogP contribution in [0.4, 0.5) is 5.69 Å². The highest BCUT2D eigenvalue weighted by Gasteiger charge is 2.25. The Labute approximate surface area is 127 Å². The molecule has 1 saturated heterocycles. The van der Waals surface area contributed by atoms with E-state index < -0.39 is 0 Å². The number of nitrogens with zero attached hydrogens (tertiary/aromatic N) is 3. The summed E-state index contributed by atoms with van der Waals surface area (Å²) in [4.78, 5) is 20.9. The van der Waals surface area contributed by atoms with E-state index in [1.54, 1.807) is 11.1 Å². The minimum Gasteiger partial charge on any atom is -0.367 e. The van der Waals surface area contributed by atoms with E-state index in [1.165, 1.54) is 12.8 Å². The second-order valence-corrected chi connectivity index (χ2v) is 5.42. The Morgan fingerprint density at radius 1 is 1.48 bits per heavy atom. The van der Waals surface area contributed by atoms with Crippen molar-refractivity contribution >= 4 is 11.6 Å². The Bertz CT molecular complexity index is 473. The van der Waals surface area contributed by atoms with Gasteiger partial charge in [-0.2, -0.15) is 0 Å². The summed E-state index contributed by atoms with van der Waals surface area (Å²) in [6.45, 7) is 7.45. The molecule has 1 amide bonds. The average Bonchev–Trinajstić information content (AvgIpc) is 2.97. The van der Waals surface area contributed by atoms with Crippen LogP contribution in [-0.4, -0.2) is 55.1 Å². The van der Waals surface area contributed by atoms with Gasteiger partial charge in [-0.05, 0) is 45.9 Å². The van der Waals surface area contributed by atoms with Gasteiger partial charge in [0.25, 0.3) is 5.91 Å². The minimum atomic E-state index is 0.0196. The van der Waals surface area contributed by atoms with E-state index >= 15 is 0 Å². The van der Waals surface area contributed by atoms with E-state index in [-0.39, 0.29) is 5.91 Å². The van der Waals surface area contributed by atoms with Crippen molar-refractivity contribution in [3.8, 4) is 0 Å². The Balaban J connectivity index is 2.19. The smallest absolute Gasteiger partial charge is 0.272 e. The quantitative estimate of drug-likeness (QED) is 0.867. The number of nitrogens with one attached hydrogen (secondary N) is 1. The van der Waals surface area contributed by atoms with Crippen LogP contribution in [0.5, 0.6) is 0 Å². The molecule has 0 aromatic carbocycles. The molecule has 0 radical (unpaired) electrons. The SMILES string of the molecule is CCN(CC)C(=O)c1cc(N2CCCC2CNC)ccn1. The van der Waals surface area contributed by atoms with Crippen molar-refractivity contribution in [3.63, 3.8) is 0 Å². The molecule has 0 saturated carbocycles. The summed E-state index contributed by atoms with van der Waals surface area (Å²) in [5.41, 5.74) is 1.66. The van der Waals surface area contributed by atoms with Crippen LogP contribution in [0.1, 0.15) is 37.2 Å². The standard InChI is InChI=1S/C16H26N4O/c1-4-19(5-2)16(21)15-11-13(8-9-18-15)20-10-6-7-14(20)12-17-3/h8-9,11,14,17H,4-7,10,12H2,1-3H3. The van der Waals surface area contributed by atoms with Gasteiger partial charge in [0.2, 0.25) is 0 Å². The van der Waals surface area contributed by atoms with E-state index in [1.807, 2.05) is 33.0 Å². The van der Waals surface area contributed by atoms with Crippen molar-refractivity contribution in [2.24, 2.45) is 0 Å². The predicted octanol–water partition coefficient (Wildman–Crippen LogP) is 1.75. The van der Waals surface area contributed by atoms with E-state index in [4.69, 9.17) is 0 Å². The number of carbonyl (C=O) groups excluding carboxylic acids is 1. The minimum absolute atomic E-state index is 0.0196. The molecule has 1 aromatic heterocycles. The molecule has 0 aliphatic carbocycles. The third-order valence-corrected chi connectivity index (χ3v) is 4.16. The molecule has 1 N–H and O–H groups in total. The summed E-state index contributed by atoms with van der Waals surface area (Å²) >= 11 is 0. The second-order valence-electron chi connectivity index (χ2n) is 5.42. The van der Waals surface area contributed by atoms with E-state index in [0.717, 1.165) is 18.8 Å². The number of anilines is 1. The predicted molar refractivity (Wildman–Crippen MR) is 85.8 cm³/mol. The second kappa shape index (κ2) is 7.41. The van der Waals surface area contributed by atoms with Gasteiger partial charge < -0.3 is 15.1 Å². The molecule has 116 valence electrons. The molecule has 0 spiro atoms. The zero-order valence-corrected chi connectivity index (χ0v) is 13.3. The average molecular weight is 290 g/mol. The van der Waals surface area contributed by atoms with Crippen LogP contribution in [0.3, 0.4) is 0 Å². The Morgan fingerprint density at radius 3 is 2.90 bits per heavy atom. The summed E-state index contributed by atoms with van der Waals surface area (Å²) in [5.74, 6) is 0.0196. The van der Waals surface area contributed by atoms with Gasteiger partial charge in [-0.25, -0.2) is 0 Å². The fraction of sp³-hybridized carbons (Fsp3) is 0.625. The van der Waals surface area contributed by atoms with E-state index in [9.17, 15) is 4.79 Å². The monoisotopic (exact) mass is 290 g/mol. The van der Waals surface area contributed by atoms with Crippen LogP contribution in [0.2, 0.25) is 0 Å². The topological polar surface area (TPSA) is 48.5 Å². The first-order valence-corrected chi connectivity index (χ1v) is 7.87. The highest BCUT2D eigenvalue weighted by Crippen LogP contribution is 2.25. The molecular weight excluding hydrogens is 264 g/mol. The van der Waals surface area contributed by atoms with Crippen molar-refractivity contribution in [1.29, 1.82) is 0 Å². The van der Waals surface area contributed by atoms with Crippen molar-refractivity contribution in [1.82, 2.24) is 15.2 Å². The normalized spacial score (nSPS) is 18.0. The van der Waals surface area contributed by atoms with E-state index in [0.29, 0.717) is 24.8 Å². The van der Waals surface area contributed by atoms with Gasteiger partial charge in [0, 0.05) is 44.1 Å². The molecule has 0 bridgehead atoms. The number of aromatic nitrogens is 1. The molecule has 5 heteroatoms. The maximum atomic E-state index is 12.4. The fourth-order valence-electron chi connectivity index (χ4n) is 3.01. The van der Waals surface area contributed by atoms with Crippen molar-refractivity contribution in [2.45, 2.75) is 32.7 Å². The third-order valence-electron chi connectivity index (χ3n) is 4.16. The molecule has 1 aliphatic heterocycles. The van der Waals surface area contributed by atoms with Gasteiger partial charge in [0.05, 0.1) is 0 Å². The van der Waals surface area contributed by atoms with Crippen LogP contribution < -0.4 is 10.2 Å². The fourth-order valence-corrected chi connectivity index (χ4v) is 3.01. The van der Waals surface area contributed by atoms with Crippen LogP contribution >= 0.6 is 0 Å². The molecular formula is C16H26N4O. The number of hydrogen-bond acceptors (Lipinski definition) is 4. The van der Waals surface area contributed by atoms with Gasteiger partial charge in [-0.1, -0.05) is 0 Å². The first-order valence-electron chi connectivity index (χ1n) is 7.87. The Kier molecular flexibility index (Phi) is 5.56. The van der Waals surface area contributed by atoms with Crippen molar-refractivity contribution in [2.75, 3.05) is 38.1 Å². The maximum Gasteiger partial charge on any atom is 0.272 e. The number of hydrogen-bond donors (Lipinski definition) is 1. The third kappa shape index (κ3) is 3.53. The summed E-state index contributed by atoms with van der Waals surface area (Å²) in [7, 11) is 1.98. The van der Waals surface area contributed by atoms with Gasteiger partial charge in [-0.3, -0.25) is 9.78 Å². The first-order chi connectivity index (χ1) is 10.2.